The van der Waals surface area contributed by atoms with Gasteiger partial charge in [0.2, 0.25) is 0 Å². The molecule has 12 rings (SSSR count). The molecule has 0 fully saturated rings. The molecule has 11 aromatic rings. The smallest absolute Gasteiger partial charge is 0.0543 e. The molecule has 0 atom stereocenters. The quantitative estimate of drug-likeness (QED) is 0.148. The van der Waals surface area contributed by atoms with Crippen LogP contribution in [0.25, 0.3) is 88.7 Å². The van der Waals surface area contributed by atoms with Crippen LogP contribution in [0, 0.1) is 0 Å². The molecular weight excluding hydrogens is 773 g/mol. The van der Waals surface area contributed by atoms with Crippen molar-refractivity contribution in [2.24, 2.45) is 0 Å². The highest BCUT2D eigenvalue weighted by atomic mass is 15.1. The van der Waals surface area contributed by atoms with Crippen LogP contribution in [-0.4, -0.2) is 4.57 Å². The maximum absolute atomic E-state index is 2.53. The molecule has 0 radical (unpaired) electrons. The van der Waals surface area contributed by atoms with Gasteiger partial charge >= 0.3 is 0 Å². The number of hydrogen-bond acceptors (Lipinski definition) is 1. The molecule has 2 heteroatoms. The Kier molecular flexibility index (Phi) is 9.34. The van der Waals surface area contributed by atoms with E-state index in [-0.39, 0.29) is 0 Å². The molecule has 0 unspecified atom stereocenters. The van der Waals surface area contributed by atoms with Crippen molar-refractivity contribution in [3.63, 3.8) is 0 Å². The van der Waals surface area contributed by atoms with Gasteiger partial charge in [-0.15, -0.1) is 0 Å². The van der Waals surface area contributed by atoms with Crippen LogP contribution in [0.4, 0.5) is 17.1 Å². The van der Waals surface area contributed by atoms with Gasteiger partial charge in [0.05, 0.1) is 16.9 Å². The van der Waals surface area contributed by atoms with Crippen LogP contribution < -0.4 is 4.90 Å². The van der Waals surface area contributed by atoms with Gasteiger partial charge in [0.15, 0.2) is 0 Å². The second-order valence-corrected chi connectivity index (χ2v) is 16.8. The highest BCUT2D eigenvalue weighted by Crippen LogP contribution is 2.45. The number of anilines is 3. The lowest BCUT2D eigenvalue weighted by Crippen LogP contribution is -2.11. The first-order valence-corrected chi connectivity index (χ1v) is 22.3. The summed E-state index contributed by atoms with van der Waals surface area (Å²) in [6, 6.07) is 84.4. The van der Waals surface area contributed by atoms with E-state index in [4.69, 9.17) is 0 Å². The van der Waals surface area contributed by atoms with Crippen LogP contribution in [0.2, 0.25) is 0 Å². The van der Waals surface area contributed by atoms with Crippen molar-refractivity contribution in [2.75, 3.05) is 4.90 Å². The van der Waals surface area contributed by atoms with E-state index in [1.807, 2.05) is 0 Å². The summed E-state index contributed by atoms with van der Waals surface area (Å²) < 4.78 is 2.53. The van der Waals surface area contributed by atoms with Crippen molar-refractivity contribution in [2.45, 2.75) is 12.8 Å². The van der Waals surface area contributed by atoms with E-state index in [9.17, 15) is 0 Å². The Morgan fingerprint density at radius 3 is 1.83 bits per heavy atom. The van der Waals surface area contributed by atoms with Crippen LogP contribution in [0.5, 0.6) is 0 Å². The molecule has 0 amide bonds. The fourth-order valence-electron chi connectivity index (χ4n) is 10.1. The Hall–Kier alpha value is -8.20. The normalized spacial score (nSPS) is 12.2. The summed E-state index contributed by atoms with van der Waals surface area (Å²) in [6.07, 6.45) is 6.69. The number of allylic oxidation sites excluding steroid dienone is 1. The molecule has 0 saturated heterocycles. The van der Waals surface area contributed by atoms with Crippen molar-refractivity contribution in [1.29, 1.82) is 0 Å². The minimum absolute atomic E-state index is 1.01. The summed E-state index contributed by atoms with van der Waals surface area (Å²) in [5.41, 5.74) is 18.1. The molecule has 10 aromatic carbocycles. The molecule has 64 heavy (non-hydrogen) atoms. The summed E-state index contributed by atoms with van der Waals surface area (Å²) >= 11 is 0. The lowest BCUT2D eigenvalue weighted by atomic mass is 9.92. The molecule has 1 aliphatic rings. The highest BCUT2D eigenvalue weighted by Gasteiger charge is 2.23. The summed E-state index contributed by atoms with van der Waals surface area (Å²) in [6.45, 7) is 0. The summed E-state index contributed by atoms with van der Waals surface area (Å²) in [4.78, 5) is 2.42. The average molecular weight is 817 g/mol. The zero-order chi connectivity index (χ0) is 42.4. The van der Waals surface area contributed by atoms with Crippen molar-refractivity contribution in [3.05, 3.63) is 248 Å². The molecule has 0 N–H and O–H groups in total. The number of para-hydroxylation sites is 2. The van der Waals surface area contributed by atoms with E-state index in [0.717, 1.165) is 29.9 Å². The fourth-order valence-corrected chi connectivity index (χ4v) is 10.1. The molecule has 1 aromatic heterocycles. The Morgan fingerprint density at radius 1 is 0.391 bits per heavy atom. The lowest BCUT2D eigenvalue weighted by Gasteiger charge is -2.28. The largest absolute Gasteiger partial charge is 0.312 e. The van der Waals surface area contributed by atoms with Gasteiger partial charge in [0, 0.05) is 39.1 Å². The summed E-state index contributed by atoms with van der Waals surface area (Å²) in [5, 5.41) is 6.26. The van der Waals surface area contributed by atoms with Crippen LogP contribution in [0.15, 0.2) is 237 Å². The molecule has 0 spiro atoms. The first-order chi connectivity index (χ1) is 31.8. The molecule has 1 heterocycles. The minimum Gasteiger partial charge on any atom is -0.312 e. The van der Waals surface area contributed by atoms with Gasteiger partial charge in [-0.1, -0.05) is 194 Å². The maximum Gasteiger partial charge on any atom is 0.0543 e. The standard InChI is InChI=1S/C62H44N2/c1-2-18-47(19-3-1)62-53(26-15-31-61(62)64-59-29-12-9-24-56(59)57-25-10-13-30-60(57)64)46-36-40-51(41-37-46)63(50-38-34-44(35-39-50)49-33-32-43-16-4-5-20-48(43)42-49)58-28-11-8-23-55(58)54-27-14-21-45-17-6-7-22-52(45)54/h1-12,14-29,31-42H,13,30H2. The number of nitrogens with zero attached hydrogens (tertiary/aromatic N) is 2. The molecular formula is C62H44N2. The number of fused-ring (bicyclic) bond motifs is 5. The van der Waals surface area contributed by atoms with E-state index in [1.165, 1.54) is 93.9 Å². The second-order valence-electron chi connectivity index (χ2n) is 16.8. The van der Waals surface area contributed by atoms with Crippen LogP contribution in [0.3, 0.4) is 0 Å². The van der Waals surface area contributed by atoms with Crippen LogP contribution >= 0.6 is 0 Å². The third kappa shape index (κ3) is 6.51. The van der Waals surface area contributed by atoms with Gasteiger partial charge in [-0.25, -0.2) is 0 Å². The minimum atomic E-state index is 1.01. The SMILES string of the molecule is C1=Cc2c(n(-c3cccc(-c4ccc(N(c5ccc(-c6ccc7ccccc7c6)cc5)c5ccccc5-c5cccc6ccccc56)cc4)c3-c3ccccc3)c3ccccc23)CC1. The fraction of sp³-hybridized carbons (Fsp3) is 0.0323. The van der Waals surface area contributed by atoms with Gasteiger partial charge < -0.3 is 9.47 Å². The van der Waals surface area contributed by atoms with Crippen molar-refractivity contribution in [1.82, 2.24) is 4.57 Å². The molecule has 0 aliphatic heterocycles. The molecule has 0 bridgehead atoms. The average Bonchev–Trinajstić information content (AvgIpc) is 3.71. The van der Waals surface area contributed by atoms with Crippen molar-refractivity contribution in [3.8, 4) is 50.2 Å². The van der Waals surface area contributed by atoms with Gasteiger partial charge in [0.25, 0.3) is 0 Å². The van der Waals surface area contributed by atoms with Gasteiger partial charge in [-0.3, -0.25) is 0 Å². The van der Waals surface area contributed by atoms with Crippen LogP contribution in [0.1, 0.15) is 17.7 Å². The Balaban J connectivity index is 1.01. The highest BCUT2D eigenvalue weighted by molar-refractivity contribution is 6.02. The van der Waals surface area contributed by atoms with Gasteiger partial charge in [-0.2, -0.15) is 0 Å². The number of aromatic nitrogens is 1. The molecule has 0 saturated carbocycles. The predicted octanol–water partition coefficient (Wildman–Crippen LogP) is 17.0. The Bertz CT molecular complexity index is 3530. The topological polar surface area (TPSA) is 8.17 Å². The first kappa shape index (κ1) is 37.6. The molecule has 1 aliphatic carbocycles. The Morgan fingerprint density at radius 2 is 1.00 bits per heavy atom. The first-order valence-electron chi connectivity index (χ1n) is 22.3. The summed E-state index contributed by atoms with van der Waals surface area (Å²) in [7, 11) is 0. The van der Waals surface area contributed by atoms with E-state index >= 15 is 0 Å². The lowest BCUT2D eigenvalue weighted by molar-refractivity contribution is 0.889. The zero-order valence-electron chi connectivity index (χ0n) is 35.4. The predicted molar refractivity (Wildman–Crippen MR) is 272 cm³/mol. The maximum atomic E-state index is 2.53. The molecule has 302 valence electrons. The van der Waals surface area contributed by atoms with E-state index in [0.29, 0.717) is 0 Å². The monoisotopic (exact) mass is 816 g/mol. The van der Waals surface area contributed by atoms with E-state index < -0.39 is 0 Å². The number of rotatable bonds is 8. The van der Waals surface area contributed by atoms with Gasteiger partial charge in [0.1, 0.15) is 0 Å². The van der Waals surface area contributed by atoms with E-state index in [2.05, 4.69) is 252 Å². The Labute approximate surface area is 374 Å². The molecule has 2 nitrogen and oxygen atoms in total. The van der Waals surface area contributed by atoms with E-state index in [1.54, 1.807) is 0 Å². The van der Waals surface area contributed by atoms with Crippen molar-refractivity contribution < 1.29 is 0 Å². The van der Waals surface area contributed by atoms with Gasteiger partial charge in [-0.05, 0) is 116 Å². The third-order valence-corrected chi connectivity index (χ3v) is 13.1. The van der Waals surface area contributed by atoms with Crippen LogP contribution in [-0.2, 0) is 6.42 Å². The number of hydrogen-bond donors (Lipinski definition) is 0. The third-order valence-electron chi connectivity index (χ3n) is 13.1. The summed E-state index contributed by atoms with van der Waals surface area (Å²) in [5.74, 6) is 0. The zero-order valence-corrected chi connectivity index (χ0v) is 35.4. The van der Waals surface area contributed by atoms with Crippen molar-refractivity contribution >= 4 is 55.6 Å². The second kappa shape index (κ2) is 15.9. The number of benzene rings is 10.